The van der Waals surface area contributed by atoms with Crippen LogP contribution in [0.25, 0.3) is 0 Å². The normalized spacial score (nSPS) is 19.0. The number of carboxylic acids is 1. The summed E-state index contributed by atoms with van der Waals surface area (Å²) in [4.78, 5) is 10.7. The minimum absolute atomic E-state index is 0.620. The van der Waals surface area contributed by atoms with Crippen molar-refractivity contribution in [3.8, 4) is 0 Å². The van der Waals surface area contributed by atoms with Gasteiger partial charge in [0.15, 0.2) is 5.37 Å². The summed E-state index contributed by atoms with van der Waals surface area (Å²) in [5.74, 6) is -0.872. The van der Waals surface area contributed by atoms with Crippen molar-refractivity contribution in [2.45, 2.75) is 18.2 Å². The minimum Gasteiger partial charge on any atom is -0.479 e. The lowest BCUT2D eigenvalue weighted by molar-refractivity contribution is -0.136. The van der Waals surface area contributed by atoms with E-state index in [-0.39, 0.29) is 0 Å². The number of nitrogens with zero attached hydrogens (tertiary/aromatic N) is 1. The Bertz CT molecular complexity index is 406. The first-order chi connectivity index (χ1) is 7.75. The summed E-state index contributed by atoms with van der Waals surface area (Å²) in [6.07, 6.45) is 1.67. The van der Waals surface area contributed by atoms with Gasteiger partial charge in [-0.1, -0.05) is 42.1 Å². The van der Waals surface area contributed by atoms with Gasteiger partial charge in [0.05, 0.1) is 5.04 Å². The molecule has 4 nitrogen and oxygen atoms in total. The van der Waals surface area contributed by atoms with E-state index >= 15 is 0 Å². The number of nitrogens with one attached hydrogen (secondary N) is 1. The predicted molar refractivity (Wildman–Crippen MR) is 64.3 cm³/mol. The van der Waals surface area contributed by atoms with E-state index in [4.69, 9.17) is 5.11 Å². The van der Waals surface area contributed by atoms with Gasteiger partial charge in [-0.2, -0.15) is 5.10 Å². The number of hydrazone groups is 1. The number of hydrogen-bond acceptors (Lipinski definition) is 4. The highest BCUT2D eigenvalue weighted by Gasteiger charge is 2.24. The third-order valence-electron chi connectivity index (χ3n) is 2.26. The molecule has 1 heterocycles. The molecule has 1 unspecified atom stereocenters. The minimum atomic E-state index is -0.872. The lowest BCUT2D eigenvalue weighted by atomic mass is 10.1. The maximum atomic E-state index is 10.7. The molecule has 2 N–H and O–H groups in total. The Hall–Kier alpha value is -1.49. The monoisotopic (exact) mass is 236 g/mol. The van der Waals surface area contributed by atoms with Gasteiger partial charge in [0.2, 0.25) is 0 Å². The molecule has 1 atom stereocenters. The van der Waals surface area contributed by atoms with Crippen LogP contribution in [0, 0.1) is 0 Å². The van der Waals surface area contributed by atoms with Gasteiger partial charge in [-0.05, 0) is 12.0 Å². The molecule has 2 rings (SSSR count). The molecule has 84 valence electrons. The predicted octanol–water partition coefficient (Wildman–Crippen LogP) is 1.68. The maximum absolute atomic E-state index is 10.7. The number of thioether (sulfide) groups is 1. The Kier molecular flexibility index (Phi) is 3.46. The Labute approximate surface area is 97.7 Å². The first-order valence-electron chi connectivity index (χ1n) is 5.01. The molecule has 1 aliphatic rings. The Morgan fingerprint density at radius 1 is 1.38 bits per heavy atom. The molecule has 1 aliphatic heterocycles. The SMILES string of the molecule is O=C(O)C1NN=C(CCc2ccccc2)S1. The van der Waals surface area contributed by atoms with E-state index in [1.807, 2.05) is 18.2 Å². The van der Waals surface area contributed by atoms with Gasteiger partial charge in [-0.25, -0.2) is 4.79 Å². The van der Waals surface area contributed by atoms with Crippen molar-refractivity contribution >= 4 is 22.8 Å². The van der Waals surface area contributed by atoms with Crippen molar-refractivity contribution in [2.24, 2.45) is 5.10 Å². The third kappa shape index (κ3) is 2.76. The van der Waals surface area contributed by atoms with Crippen LogP contribution < -0.4 is 5.43 Å². The van der Waals surface area contributed by atoms with Gasteiger partial charge in [-0.3, -0.25) is 5.43 Å². The lowest BCUT2D eigenvalue weighted by Gasteiger charge is -2.01. The number of rotatable bonds is 4. The van der Waals surface area contributed by atoms with E-state index in [2.05, 4.69) is 22.7 Å². The van der Waals surface area contributed by atoms with Gasteiger partial charge in [0.25, 0.3) is 0 Å². The van der Waals surface area contributed by atoms with Crippen LogP contribution in [0.3, 0.4) is 0 Å². The zero-order valence-electron chi connectivity index (χ0n) is 8.59. The topological polar surface area (TPSA) is 61.7 Å². The molecule has 0 spiro atoms. The second-order valence-corrected chi connectivity index (χ2v) is 4.63. The summed E-state index contributed by atoms with van der Waals surface area (Å²) in [6, 6.07) is 10.1. The first kappa shape index (κ1) is 11.0. The van der Waals surface area contributed by atoms with E-state index < -0.39 is 11.3 Å². The molecule has 0 radical (unpaired) electrons. The molecular weight excluding hydrogens is 224 g/mol. The van der Waals surface area contributed by atoms with Crippen LogP contribution in [0.15, 0.2) is 35.4 Å². The van der Waals surface area contributed by atoms with E-state index in [1.165, 1.54) is 17.3 Å². The van der Waals surface area contributed by atoms with Gasteiger partial charge >= 0.3 is 5.97 Å². The molecule has 1 aromatic rings. The van der Waals surface area contributed by atoms with Gasteiger partial charge in [-0.15, -0.1) is 0 Å². The van der Waals surface area contributed by atoms with Crippen molar-refractivity contribution in [3.05, 3.63) is 35.9 Å². The Morgan fingerprint density at radius 3 is 2.75 bits per heavy atom. The number of aliphatic carboxylic acids is 1. The summed E-state index contributed by atoms with van der Waals surface area (Å²) in [7, 11) is 0. The van der Waals surface area contributed by atoms with Gasteiger partial charge in [0.1, 0.15) is 0 Å². The molecule has 0 saturated carbocycles. The van der Waals surface area contributed by atoms with Crippen molar-refractivity contribution in [3.63, 3.8) is 0 Å². The third-order valence-corrected chi connectivity index (χ3v) is 3.37. The summed E-state index contributed by atoms with van der Waals surface area (Å²) in [6.45, 7) is 0. The van der Waals surface area contributed by atoms with Crippen LogP contribution in [0.2, 0.25) is 0 Å². The van der Waals surface area contributed by atoms with Gasteiger partial charge in [0, 0.05) is 6.42 Å². The van der Waals surface area contributed by atoms with Crippen molar-refractivity contribution in [1.29, 1.82) is 0 Å². The smallest absolute Gasteiger partial charge is 0.338 e. The number of carboxylic acid groups (broad SMARTS) is 1. The second kappa shape index (κ2) is 5.03. The molecule has 16 heavy (non-hydrogen) atoms. The summed E-state index contributed by atoms with van der Waals surface area (Å²) < 4.78 is 0. The lowest BCUT2D eigenvalue weighted by Crippen LogP contribution is -2.25. The number of carbonyl (C=O) groups is 1. The number of benzene rings is 1. The molecule has 0 aliphatic carbocycles. The second-order valence-electron chi connectivity index (χ2n) is 3.46. The quantitative estimate of drug-likeness (QED) is 0.835. The molecule has 5 heteroatoms. The molecule has 0 bridgehead atoms. The van der Waals surface area contributed by atoms with Crippen LogP contribution in [0.4, 0.5) is 0 Å². The summed E-state index contributed by atoms with van der Waals surface area (Å²) >= 11 is 1.28. The highest BCUT2D eigenvalue weighted by molar-refractivity contribution is 8.15. The fraction of sp³-hybridized carbons (Fsp3) is 0.273. The van der Waals surface area contributed by atoms with Crippen LogP contribution in [0.1, 0.15) is 12.0 Å². The van der Waals surface area contributed by atoms with Crippen molar-refractivity contribution < 1.29 is 9.90 Å². The molecule has 0 saturated heterocycles. The van der Waals surface area contributed by atoms with E-state index in [0.717, 1.165) is 17.9 Å². The highest BCUT2D eigenvalue weighted by atomic mass is 32.2. The number of aryl methyl sites for hydroxylation is 1. The van der Waals surface area contributed by atoms with E-state index in [9.17, 15) is 4.79 Å². The maximum Gasteiger partial charge on any atom is 0.338 e. The van der Waals surface area contributed by atoms with E-state index in [0.29, 0.717) is 0 Å². The van der Waals surface area contributed by atoms with Crippen LogP contribution in [-0.4, -0.2) is 21.5 Å². The first-order valence-corrected chi connectivity index (χ1v) is 5.89. The fourth-order valence-corrected chi connectivity index (χ4v) is 2.24. The van der Waals surface area contributed by atoms with E-state index in [1.54, 1.807) is 0 Å². The largest absolute Gasteiger partial charge is 0.479 e. The average molecular weight is 236 g/mol. The Morgan fingerprint density at radius 2 is 2.12 bits per heavy atom. The zero-order valence-corrected chi connectivity index (χ0v) is 9.41. The van der Waals surface area contributed by atoms with Crippen molar-refractivity contribution in [2.75, 3.05) is 0 Å². The molecular formula is C11H12N2O2S. The van der Waals surface area contributed by atoms with Crippen LogP contribution in [-0.2, 0) is 11.2 Å². The summed E-state index contributed by atoms with van der Waals surface area (Å²) in [5, 5.41) is 13.0. The molecule has 1 aromatic carbocycles. The molecule has 0 amide bonds. The average Bonchev–Trinajstić information content (AvgIpc) is 2.76. The summed E-state index contributed by atoms with van der Waals surface area (Å²) in [5.41, 5.74) is 3.83. The molecule has 0 fully saturated rings. The zero-order chi connectivity index (χ0) is 11.4. The van der Waals surface area contributed by atoms with Crippen LogP contribution >= 0.6 is 11.8 Å². The Balaban J connectivity index is 1.82. The van der Waals surface area contributed by atoms with Crippen LogP contribution in [0.5, 0.6) is 0 Å². The fourth-order valence-electron chi connectivity index (χ4n) is 1.44. The molecule has 0 aromatic heterocycles. The van der Waals surface area contributed by atoms with Crippen molar-refractivity contribution in [1.82, 2.24) is 5.43 Å². The van der Waals surface area contributed by atoms with Gasteiger partial charge < -0.3 is 5.11 Å². The highest BCUT2D eigenvalue weighted by Crippen LogP contribution is 2.20. The number of hydrogen-bond donors (Lipinski definition) is 2. The standard InChI is InChI=1S/C11H12N2O2S/c14-11(15)10-13-12-9(16-10)7-6-8-4-2-1-3-5-8/h1-5,10,13H,6-7H2,(H,14,15).